The van der Waals surface area contributed by atoms with Crippen molar-refractivity contribution in [2.45, 2.75) is 43.3 Å². The van der Waals surface area contributed by atoms with Crippen molar-refractivity contribution in [1.82, 2.24) is 24.9 Å². The highest BCUT2D eigenvalue weighted by Crippen LogP contribution is 2.43. The number of rotatable bonds is 1. The SMILES string of the molecule is O=C1NCC2(CCCCC2)c2c1nn1cnc(CS)nc21. The molecule has 21 heavy (non-hydrogen) atoms. The van der Waals surface area contributed by atoms with Crippen LogP contribution in [0, 0.1) is 0 Å². The van der Waals surface area contributed by atoms with Gasteiger partial charge in [-0.15, -0.1) is 0 Å². The highest BCUT2D eigenvalue weighted by atomic mass is 32.1. The van der Waals surface area contributed by atoms with E-state index in [9.17, 15) is 4.79 Å². The van der Waals surface area contributed by atoms with Crippen LogP contribution in [0.1, 0.15) is 54.0 Å². The Hall–Kier alpha value is -1.63. The molecule has 1 N–H and O–H groups in total. The molecule has 6 nitrogen and oxygen atoms in total. The van der Waals surface area contributed by atoms with E-state index in [0.717, 1.165) is 24.1 Å². The van der Waals surface area contributed by atoms with Crippen LogP contribution in [0.25, 0.3) is 5.65 Å². The fraction of sp³-hybridized carbons (Fsp3) is 0.571. The zero-order valence-corrected chi connectivity index (χ0v) is 12.6. The van der Waals surface area contributed by atoms with Crippen molar-refractivity contribution in [3.05, 3.63) is 23.4 Å². The van der Waals surface area contributed by atoms with Gasteiger partial charge in [-0.1, -0.05) is 19.3 Å². The lowest BCUT2D eigenvalue weighted by Gasteiger charge is -2.39. The minimum Gasteiger partial charge on any atom is -0.350 e. The number of aromatic nitrogens is 4. The van der Waals surface area contributed by atoms with Crippen molar-refractivity contribution < 1.29 is 4.79 Å². The Bertz CT molecular complexity index is 719. The van der Waals surface area contributed by atoms with Crippen LogP contribution < -0.4 is 5.32 Å². The summed E-state index contributed by atoms with van der Waals surface area (Å²) in [4.78, 5) is 21.0. The first-order valence-electron chi connectivity index (χ1n) is 7.37. The van der Waals surface area contributed by atoms with Gasteiger partial charge >= 0.3 is 0 Å². The number of hydrogen-bond donors (Lipinski definition) is 2. The molecule has 1 spiro atoms. The van der Waals surface area contributed by atoms with Gasteiger partial charge in [-0.05, 0) is 12.8 Å². The Balaban J connectivity index is 1.99. The third-order valence-electron chi connectivity index (χ3n) is 4.72. The fourth-order valence-corrected chi connectivity index (χ4v) is 3.84. The maximum absolute atomic E-state index is 12.2. The summed E-state index contributed by atoms with van der Waals surface area (Å²) in [5.41, 5.74) is 2.32. The van der Waals surface area contributed by atoms with E-state index in [1.165, 1.54) is 19.3 Å². The van der Waals surface area contributed by atoms with Gasteiger partial charge in [0.15, 0.2) is 11.3 Å². The van der Waals surface area contributed by atoms with E-state index in [1.807, 2.05) is 0 Å². The molecular formula is C14H17N5OS. The number of nitrogens with zero attached hydrogens (tertiary/aromatic N) is 4. The molecule has 0 unspecified atom stereocenters. The number of carbonyl (C=O) groups excluding carboxylic acids is 1. The Kier molecular flexibility index (Phi) is 2.92. The maximum Gasteiger partial charge on any atom is 0.272 e. The average molecular weight is 303 g/mol. The first-order chi connectivity index (χ1) is 10.2. The highest BCUT2D eigenvalue weighted by Gasteiger charge is 2.44. The largest absolute Gasteiger partial charge is 0.350 e. The fourth-order valence-electron chi connectivity index (χ4n) is 3.69. The van der Waals surface area contributed by atoms with Crippen LogP contribution in [0.4, 0.5) is 0 Å². The van der Waals surface area contributed by atoms with Gasteiger partial charge in [-0.2, -0.15) is 17.7 Å². The summed E-state index contributed by atoms with van der Waals surface area (Å²) in [6.07, 6.45) is 7.45. The molecule has 1 fully saturated rings. The summed E-state index contributed by atoms with van der Waals surface area (Å²) >= 11 is 4.25. The third-order valence-corrected chi connectivity index (χ3v) is 5.00. The molecule has 0 saturated heterocycles. The van der Waals surface area contributed by atoms with E-state index in [0.29, 0.717) is 23.8 Å². The van der Waals surface area contributed by atoms with Gasteiger partial charge in [0.25, 0.3) is 5.91 Å². The van der Waals surface area contributed by atoms with Crippen molar-refractivity contribution in [3.63, 3.8) is 0 Å². The van der Waals surface area contributed by atoms with Crippen molar-refractivity contribution >= 4 is 24.2 Å². The number of fused-ring (bicyclic) bond motifs is 4. The van der Waals surface area contributed by atoms with Gasteiger partial charge in [0.05, 0.1) is 5.75 Å². The molecule has 0 atom stereocenters. The van der Waals surface area contributed by atoms with Gasteiger partial charge in [-0.25, -0.2) is 14.5 Å². The van der Waals surface area contributed by atoms with E-state index in [4.69, 9.17) is 0 Å². The molecule has 0 bridgehead atoms. The summed E-state index contributed by atoms with van der Waals surface area (Å²) in [5, 5.41) is 7.42. The van der Waals surface area contributed by atoms with Gasteiger partial charge in [0.2, 0.25) is 0 Å². The van der Waals surface area contributed by atoms with E-state index < -0.39 is 0 Å². The Morgan fingerprint density at radius 2 is 2.14 bits per heavy atom. The zero-order chi connectivity index (χ0) is 14.4. The van der Waals surface area contributed by atoms with Gasteiger partial charge < -0.3 is 5.32 Å². The highest BCUT2D eigenvalue weighted by molar-refractivity contribution is 7.79. The van der Waals surface area contributed by atoms with Crippen LogP contribution in [0.5, 0.6) is 0 Å². The number of hydrogen-bond acceptors (Lipinski definition) is 5. The Labute approximate surface area is 127 Å². The molecule has 0 radical (unpaired) electrons. The monoisotopic (exact) mass is 303 g/mol. The topological polar surface area (TPSA) is 72.2 Å². The second-order valence-corrected chi connectivity index (χ2v) is 6.26. The molecule has 0 aromatic carbocycles. The molecule has 7 heteroatoms. The Morgan fingerprint density at radius 3 is 2.90 bits per heavy atom. The normalized spacial score (nSPS) is 20.5. The molecule has 1 saturated carbocycles. The molecule has 1 aliphatic carbocycles. The van der Waals surface area contributed by atoms with Crippen molar-refractivity contribution in [3.8, 4) is 0 Å². The van der Waals surface area contributed by atoms with Gasteiger partial charge in [0.1, 0.15) is 12.2 Å². The summed E-state index contributed by atoms with van der Waals surface area (Å²) in [6.45, 7) is 0.695. The molecule has 2 aromatic heterocycles. The summed E-state index contributed by atoms with van der Waals surface area (Å²) in [5.74, 6) is 1.06. The summed E-state index contributed by atoms with van der Waals surface area (Å²) in [6, 6.07) is 0. The quantitative estimate of drug-likeness (QED) is 0.783. The maximum atomic E-state index is 12.2. The average Bonchev–Trinajstić information content (AvgIpc) is 2.92. The number of thiol groups is 1. The van der Waals surface area contributed by atoms with E-state index in [2.05, 4.69) is 33.0 Å². The first-order valence-corrected chi connectivity index (χ1v) is 8.01. The smallest absolute Gasteiger partial charge is 0.272 e. The minimum atomic E-state index is -0.0980. The second-order valence-electron chi connectivity index (χ2n) is 5.95. The molecule has 2 aromatic rings. The number of amides is 1. The van der Waals surface area contributed by atoms with Crippen LogP contribution in [-0.2, 0) is 11.2 Å². The lowest BCUT2D eigenvalue weighted by atomic mass is 9.68. The first kappa shape index (κ1) is 13.1. The van der Waals surface area contributed by atoms with Crippen LogP contribution in [0.15, 0.2) is 6.33 Å². The lowest BCUT2D eigenvalue weighted by Crippen LogP contribution is -2.47. The minimum absolute atomic E-state index is 0.00847. The van der Waals surface area contributed by atoms with Gasteiger partial charge in [0, 0.05) is 17.5 Å². The number of carbonyl (C=O) groups is 1. The molecule has 3 heterocycles. The summed E-state index contributed by atoms with van der Waals surface area (Å²) in [7, 11) is 0. The second kappa shape index (κ2) is 4.69. The molecule has 2 aliphatic rings. The summed E-state index contributed by atoms with van der Waals surface area (Å²) < 4.78 is 1.64. The Morgan fingerprint density at radius 1 is 1.33 bits per heavy atom. The number of nitrogens with one attached hydrogen (secondary N) is 1. The molecule has 1 amide bonds. The van der Waals surface area contributed by atoms with E-state index in [1.54, 1.807) is 10.8 Å². The molecule has 110 valence electrons. The van der Waals surface area contributed by atoms with Crippen molar-refractivity contribution in [2.75, 3.05) is 6.54 Å². The lowest BCUT2D eigenvalue weighted by molar-refractivity contribution is 0.0907. The van der Waals surface area contributed by atoms with Crippen molar-refractivity contribution in [1.29, 1.82) is 0 Å². The van der Waals surface area contributed by atoms with Crippen LogP contribution in [-0.4, -0.2) is 32.0 Å². The third kappa shape index (κ3) is 1.87. The van der Waals surface area contributed by atoms with E-state index >= 15 is 0 Å². The van der Waals surface area contributed by atoms with Crippen LogP contribution in [0.2, 0.25) is 0 Å². The molecular weight excluding hydrogens is 286 g/mol. The predicted molar refractivity (Wildman–Crippen MR) is 80.6 cm³/mol. The molecule has 4 rings (SSSR count). The van der Waals surface area contributed by atoms with Crippen LogP contribution >= 0.6 is 12.6 Å². The van der Waals surface area contributed by atoms with Crippen molar-refractivity contribution in [2.24, 2.45) is 0 Å². The predicted octanol–water partition coefficient (Wildman–Crippen LogP) is 1.50. The molecule has 1 aliphatic heterocycles. The van der Waals surface area contributed by atoms with Crippen LogP contribution in [0.3, 0.4) is 0 Å². The zero-order valence-electron chi connectivity index (χ0n) is 11.7. The van der Waals surface area contributed by atoms with Gasteiger partial charge in [-0.3, -0.25) is 4.79 Å². The standard InChI is InChI=1S/C14H17N5OS/c20-13-11-10(14(7-15-13)4-2-1-3-5-14)12-17-9(6-21)16-8-19(12)18-11/h8,21H,1-7H2,(H,15,20). The van der Waals surface area contributed by atoms with E-state index in [-0.39, 0.29) is 11.3 Å².